The molecule has 0 aromatic rings. The second kappa shape index (κ2) is 7.62. The first kappa shape index (κ1) is 17.0. The van der Waals surface area contributed by atoms with E-state index in [9.17, 15) is 9.59 Å². The zero-order valence-electron chi connectivity index (χ0n) is 13.1. The minimum atomic E-state index is -0.502. The number of carbonyl (C=O) groups excluding carboxylic acids is 2. The molecule has 1 aliphatic heterocycles. The fourth-order valence-corrected chi connectivity index (χ4v) is 2.23. The lowest BCUT2D eigenvalue weighted by molar-refractivity contribution is -0.109. The van der Waals surface area contributed by atoms with E-state index in [2.05, 4.69) is 6.92 Å². The summed E-state index contributed by atoms with van der Waals surface area (Å²) in [6.45, 7) is 9.37. The summed E-state index contributed by atoms with van der Waals surface area (Å²) in [7, 11) is 0. The second-order valence-electron chi connectivity index (χ2n) is 6.31. The molecule has 1 saturated heterocycles. The topological polar surface area (TPSA) is 55.8 Å². The van der Waals surface area contributed by atoms with Gasteiger partial charge in [0.2, 0.25) is 0 Å². The van der Waals surface area contributed by atoms with E-state index in [0.29, 0.717) is 26.1 Å². The first-order valence-corrected chi connectivity index (χ1v) is 7.40. The van der Waals surface area contributed by atoms with Crippen LogP contribution in [0.1, 0.15) is 47.0 Å². The predicted octanol–water partition coefficient (Wildman–Crippen LogP) is 2.63. The second-order valence-corrected chi connectivity index (χ2v) is 6.31. The molecule has 2 atom stereocenters. The Kier molecular flexibility index (Phi) is 6.46. The summed E-state index contributed by atoms with van der Waals surface area (Å²) in [6.07, 6.45) is 3.02. The van der Waals surface area contributed by atoms with Crippen LogP contribution in [-0.2, 0) is 14.3 Å². The maximum atomic E-state index is 12.0. The number of unbranched alkanes of at least 4 members (excludes halogenated alkanes) is 1. The molecule has 5 nitrogen and oxygen atoms in total. The Bertz CT molecular complexity index is 324. The van der Waals surface area contributed by atoms with Gasteiger partial charge >= 0.3 is 6.09 Å². The van der Waals surface area contributed by atoms with E-state index in [-0.39, 0.29) is 18.1 Å². The lowest BCUT2D eigenvalue weighted by atomic mass is 10.0. The van der Waals surface area contributed by atoms with Crippen LogP contribution >= 0.6 is 0 Å². The van der Waals surface area contributed by atoms with E-state index in [4.69, 9.17) is 9.47 Å². The van der Waals surface area contributed by atoms with Gasteiger partial charge in [-0.2, -0.15) is 0 Å². The predicted molar refractivity (Wildman–Crippen MR) is 76.6 cm³/mol. The molecule has 0 spiro atoms. The van der Waals surface area contributed by atoms with Crippen LogP contribution in [0.25, 0.3) is 0 Å². The Morgan fingerprint density at radius 1 is 1.35 bits per heavy atom. The summed E-state index contributed by atoms with van der Waals surface area (Å²) in [5.74, 6) is 0.0804. The normalized spacial score (nSPS) is 22.9. The Labute approximate surface area is 121 Å². The van der Waals surface area contributed by atoms with Gasteiger partial charge in [0, 0.05) is 25.5 Å². The van der Waals surface area contributed by atoms with Crippen molar-refractivity contribution in [3.63, 3.8) is 0 Å². The zero-order chi connectivity index (χ0) is 15.2. The number of aldehydes is 1. The summed E-state index contributed by atoms with van der Waals surface area (Å²) in [6, 6.07) is 0. The molecule has 1 rings (SSSR count). The number of ether oxygens (including phenoxy) is 2. The molecule has 0 N–H and O–H groups in total. The third kappa shape index (κ3) is 5.49. The quantitative estimate of drug-likeness (QED) is 0.556. The van der Waals surface area contributed by atoms with Crippen molar-refractivity contribution in [3.05, 3.63) is 0 Å². The molecule has 1 heterocycles. The third-order valence-electron chi connectivity index (χ3n) is 3.26. The van der Waals surface area contributed by atoms with E-state index in [1.807, 2.05) is 20.8 Å². The SMILES string of the molecule is CCCCO[C@@H]1CN(C(=O)OC(C)(C)C)C[C@H]1CC=O. The lowest BCUT2D eigenvalue weighted by Gasteiger charge is -2.24. The molecule has 20 heavy (non-hydrogen) atoms. The number of nitrogens with zero attached hydrogens (tertiary/aromatic N) is 1. The van der Waals surface area contributed by atoms with Crippen molar-refractivity contribution in [1.82, 2.24) is 4.90 Å². The molecule has 5 heteroatoms. The van der Waals surface area contributed by atoms with Crippen LogP contribution in [-0.4, -0.2) is 48.7 Å². The van der Waals surface area contributed by atoms with Gasteiger partial charge in [-0.15, -0.1) is 0 Å². The minimum absolute atomic E-state index is 0.0562. The molecule has 1 amide bonds. The number of carbonyl (C=O) groups is 2. The molecule has 0 aromatic heterocycles. The number of amides is 1. The van der Waals surface area contributed by atoms with Gasteiger partial charge in [-0.1, -0.05) is 13.3 Å². The molecular formula is C15H27NO4. The van der Waals surface area contributed by atoms with Gasteiger partial charge in [0.15, 0.2) is 0 Å². The zero-order valence-corrected chi connectivity index (χ0v) is 13.1. The third-order valence-corrected chi connectivity index (χ3v) is 3.26. The van der Waals surface area contributed by atoms with Gasteiger partial charge in [0.05, 0.1) is 12.6 Å². The fraction of sp³-hybridized carbons (Fsp3) is 0.867. The number of hydrogen-bond acceptors (Lipinski definition) is 4. The van der Waals surface area contributed by atoms with Crippen molar-refractivity contribution in [1.29, 1.82) is 0 Å². The van der Waals surface area contributed by atoms with Crippen molar-refractivity contribution in [3.8, 4) is 0 Å². The molecule has 0 aliphatic carbocycles. The maximum absolute atomic E-state index is 12.0. The van der Waals surface area contributed by atoms with Crippen LogP contribution in [0.3, 0.4) is 0 Å². The summed E-state index contributed by atoms with van der Waals surface area (Å²) in [4.78, 5) is 24.4. The average Bonchev–Trinajstić information content (AvgIpc) is 2.72. The highest BCUT2D eigenvalue weighted by molar-refractivity contribution is 5.68. The Morgan fingerprint density at radius 3 is 2.60 bits per heavy atom. The average molecular weight is 285 g/mol. The molecule has 0 aromatic carbocycles. The van der Waals surface area contributed by atoms with Crippen LogP contribution in [0.2, 0.25) is 0 Å². The van der Waals surface area contributed by atoms with E-state index in [1.54, 1.807) is 4.90 Å². The van der Waals surface area contributed by atoms with Crippen molar-refractivity contribution in [2.24, 2.45) is 5.92 Å². The monoisotopic (exact) mass is 285 g/mol. The molecule has 0 unspecified atom stereocenters. The molecular weight excluding hydrogens is 258 g/mol. The van der Waals surface area contributed by atoms with Crippen LogP contribution in [0, 0.1) is 5.92 Å². The van der Waals surface area contributed by atoms with Gasteiger partial charge in [-0.25, -0.2) is 4.79 Å². The number of hydrogen-bond donors (Lipinski definition) is 0. The van der Waals surface area contributed by atoms with Crippen LogP contribution < -0.4 is 0 Å². The van der Waals surface area contributed by atoms with Crippen LogP contribution in [0.4, 0.5) is 4.79 Å². The van der Waals surface area contributed by atoms with E-state index in [0.717, 1.165) is 19.1 Å². The van der Waals surface area contributed by atoms with Gasteiger partial charge in [0.1, 0.15) is 11.9 Å². The smallest absolute Gasteiger partial charge is 0.410 e. The van der Waals surface area contributed by atoms with Crippen molar-refractivity contribution in [2.75, 3.05) is 19.7 Å². The molecule has 116 valence electrons. The van der Waals surface area contributed by atoms with E-state index in [1.165, 1.54) is 0 Å². The van der Waals surface area contributed by atoms with Crippen molar-refractivity contribution < 1.29 is 19.1 Å². The van der Waals surface area contributed by atoms with Crippen molar-refractivity contribution >= 4 is 12.4 Å². The first-order chi connectivity index (χ1) is 9.37. The fourth-order valence-electron chi connectivity index (χ4n) is 2.23. The first-order valence-electron chi connectivity index (χ1n) is 7.40. The molecule has 0 bridgehead atoms. The van der Waals surface area contributed by atoms with Gasteiger partial charge in [0.25, 0.3) is 0 Å². The molecule has 0 radical (unpaired) electrons. The van der Waals surface area contributed by atoms with Crippen LogP contribution in [0.5, 0.6) is 0 Å². The highest BCUT2D eigenvalue weighted by Gasteiger charge is 2.37. The standard InChI is InChI=1S/C15H27NO4/c1-5-6-9-19-13-11-16(10-12(13)7-8-17)14(18)20-15(2,3)4/h8,12-13H,5-7,9-11H2,1-4H3/t12-,13-/m1/s1. The highest BCUT2D eigenvalue weighted by Crippen LogP contribution is 2.24. The summed E-state index contributed by atoms with van der Waals surface area (Å²) < 4.78 is 11.2. The molecule has 0 saturated carbocycles. The highest BCUT2D eigenvalue weighted by atomic mass is 16.6. The number of likely N-dealkylation sites (tertiary alicyclic amines) is 1. The molecule has 1 aliphatic rings. The van der Waals surface area contributed by atoms with Crippen molar-refractivity contribution in [2.45, 2.75) is 58.7 Å². The summed E-state index contributed by atoms with van der Waals surface area (Å²) in [5.41, 5.74) is -0.502. The lowest BCUT2D eigenvalue weighted by Crippen LogP contribution is -2.36. The number of rotatable bonds is 6. The van der Waals surface area contributed by atoms with Gasteiger partial charge in [-0.05, 0) is 27.2 Å². The molecule has 1 fully saturated rings. The Balaban J connectivity index is 2.55. The van der Waals surface area contributed by atoms with Gasteiger partial charge in [-0.3, -0.25) is 0 Å². The minimum Gasteiger partial charge on any atom is -0.444 e. The van der Waals surface area contributed by atoms with Crippen LogP contribution in [0.15, 0.2) is 0 Å². The maximum Gasteiger partial charge on any atom is 0.410 e. The summed E-state index contributed by atoms with van der Waals surface area (Å²) in [5, 5.41) is 0. The van der Waals surface area contributed by atoms with E-state index < -0.39 is 5.60 Å². The van der Waals surface area contributed by atoms with Gasteiger partial charge < -0.3 is 19.2 Å². The Morgan fingerprint density at radius 2 is 2.05 bits per heavy atom. The van der Waals surface area contributed by atoms with E-state index >= 15 is 0 Å². The Hall–Kier alpha value is -1.10. The largest absolute Gasteiger partial charge is 0.444 e. The summed E-state index contributed by atoms with van der Waals surface area (Å²) >= 11 is 0.